The normalized spacial score (nSPS) is 11.8. The molecular weight excluding hydrogens is 290 g/mol. The molecule has 0 aliphatic heterocycles. The van der Waals surface area contributed by atoms with Gasteiger partial charge in [0.05, 0.1) is 11.6 Å². The zero-order chi connectivity index (χ0) is 12.1. The van der Waals surface area contributed by atoms with Crippen molar-refractivity contribution in [3.63, 3.8) is 0 Å². The average molecular weight is 300 g/mol. The minimum absolute atomic E-state index is 0.454. The Bertz CT molecular complexity index is 442. The number of carbonyl (C=O) groups is 1. The van der Waals surface area contributed by atoms with E-state index in [0.29, 0.717) is 12.0 Å². The van der Waals surface area contributed by atoms with E-state index in [4.69, 9.17) is 10.4 Å². The maximum absolute atomic E-state index is 10.9. The molecule has 1 rings (SSSR count). The smallest absolute Gasteiger partial charge is 0.316 e. The fourth-order valence-electron chi connectivity index (χ4n) is 1.13. The molecular formula is C11H10BrNO2S. The summed E-state index contributed by atoms with van der Waals surface area (Å²) in [6.45, 7) is 1.84. The molecule has 0 radical (unpaired) electrons. The van der Waals surface area contributed by atoms with Gasteiger partial charge in [0.1, 0.15) is 5.25 Å². The molecule has 0 saturated heterocycles. The van der Waals surface area contributed by atoms with Crippen LogP contribution in [0.5, 0.6) is 0 Å². The van der Waals surface area contributed by atoms with E-state index in [1.807, 2.05) is 13.0 Å². The molecule has 0 heterocycles. The molecule has 1 atom stereocenters. The van der Waals surface area contributed by atoms with Crippen LogP contribution in [0.3, 0.4) is 0 Å². The summed E-state index contributed by atoms with van der Waals surface area (Å²) in [5, 5.41) is 17.2. The van der Waals surface area contributed by atoms with Crippen LogP contribution in [0.25, 0.3) is 0 Å². The highest BCUT2D eigenvalue weighted by molar-refractivity contribution is 9.10. The van der Waals surface area contributed by atoms with Crippen molar-refractivity contribution in [2.75, 3.05) is 0 Å². The van der Waals surface area contributed by atoms with Crippen molar-refractivity contribution in [1.82, 2.24) is 0 Å². The number of thioether (sulfide) groups is 1. The first-order valence-corrected chi connectivity index (χ1v) is 6.34. The van der Waals surface area contributed by atoms with Crippen LogP contribution in [0.4, 0.5) is 0 Å². The van der Waals surface area contributed by atoms with Crippen molar-refractivity contribution in [1.29, 1.82) is 5.26 Å². The fraction of sp³-hybridized carbons (Fsp3) is 0.273. The summed E-state index contributed by atoms with van der Waals surface area (Å²) in [6.07, 6.45) is 0.562. The Kier molecular flexibility index (Phi) is 4.84. The van der Waals surface area contributed by atoms with E-state index in [1.165, 1.54) is 11.8 Å². The zero-order valence-electron chi connectivity index (χ0n) is 8.61. The highest BCUT2D eigenvalue weighted by Gasteiger charge is 2.17. The molecule has 0 bridgehead atoms. The number of benzene rings is 1. The number of halogens is 1. The maximum Gasteiger partial charge on any atom is 0.316 e. The third kappa shape index (κ3) is 3.26. The van der Waals surface area contributed by atoms with Crippen molar-refractivity contribution in [3.05, 3.63) is 28.2 Å². The number of carboxylic acids is 1. The van der Waals surface area contributed by atoms with Gasteiger partial charge >= 0.3 is 5.97 Å². The van der Waals surface area contributed by atoms with Crippen LogP contribution in [-0.4, -0.2) is 16.3 Å². The lowest BCUT2D eigenvalue weighted by atomic mass is 10.2. The van der Waals surface area contributed by atoms with Gasteiger partial charge in [0, 0.05) is 9.37 Å². The first-order chi connectivity index (χ1) is 7.58. The van der Waals surface area contributed by atoms with Gasteiger partial charge in [-0.25, -0.2) is 0 Å². The predicted molar refractivity (Wildman–Crippen MR) is 66.4 cm³/mol. The summed E-state index contributed by atoms with van der Waals surface area (Å²) in [4.78, 5) is 11.7. The second kappa shape index (κ2) is 5.92. The first kappa shape index (κ1) is 13.1. The quantitative estimate of drug-likeness (QED) is 0.867. The Morgan fingerprint density at radius 3 is 2.81 bits per heavy atom. The van der Waals surface area contributed by atoms with E-state index in [9.17, 15) is 4.79 Å². The Balaban J connectivity index is 2.90. The van der Waals surface area contributed by atoms with Crippen molar-refractivity contribution in [2.45, 2.75) is 23.5 Å². The summed E-state index contributed by atoms with van der Waals surface area (Å²) in [5.41, 5.74) is 0.555. The molecule has 3 nitrogen and oxygen atoms in total. The highest BCUT2D eigenvalue weighted by Crippen LogP contribution is 2.32. The minimum atomic E-state index is -0.816. The average Bonchev–Trinajstić information content (AvgIpc) is 2.26. The van der Waals surface area contributed by atoms with Gasteiger partial charge in [-0.05, 0) is 40.5 Å². The second-order valence-corrected chi connectivity index (χ2v) is 5.21. The largest absolute Gasteiger partial charge is 0.480 e. The minimum Gasteiger partial charge on any atom is -0.480 e. The van der Waals surface area contributed by atoms with Crippen LogP contribution < -0.4 is 0 Å². The highest BCUT2D eigenvalue weighted by atomic mass is 79.9. The molecule has 0 amide bonds. The number of rotatable bonds is 4. The van der Waals surface area contributed by atoms with Gasteiger partial charge in [-0.2, -0.15) is 5.26 Å². The van der Waals surface area contributed by atoms with Gasteiger partial charge in [0.15, 0.2) is 0 Å². The molecule has 1 aromatic rings. The fourth-order valence-corrected chi connectivity index (χ4v) is 2.68. The van der Waals surface area contributed by atoms with Crippen LogP contribution in [0.2, 0.25) is 0 Å². The zero-order valence-corrected chi connectivity index (χ0v) is 11.0. The van der Waals surface area contributed by atoms with Crippen LogP contribution in [0.1, 0.15) is 18.9 Å². The summed E-state index contributed by atoms with van der Waals surface area (Å²) < 4.78 is 0.760. The van der Waals surface area contributed by atoms with Crippen molar-refractivity contribution in [2.24, 2.45) is 0 Å². The molecule has 84 valence electrons. The van der Waals surface area contributed by atoms with E-state index in [-0.39, 0.29) is 0 Å². The van der Waals surface area contributed by atoms with Crippen LogP contribution in [0.15, 0.2) is 27.6 Å². The first-order valence-electron chi connectivity index (χ1n) is 4.67. The van der Waals surface area contributed by atoms with Gasteiger partial charge in [0.2, 0.25) is 0 Å². The van der Waals surface area contributed by atoms with Gasteiger partial charge < -0.3 is 5.11 Å². The third-order valence-corrected chi connectivity index (χ3v) is 4.32. The molecule has 0 aliphatic carbocycles. The van der Waals surface area contributed by atoms with Crippen molar-refractivity contribution in [3.8, 4) is 6.07 Å². The maximum atomic E-state index is 10.9. The Labute approximate surface area is 107 Å². The molecule has 0 fully saturated rings. The Morgan fingerprint density at radius 1 is 1.69 bits per heavy atom. The number of hydrogen-bond acceptors (Lipinski definition) is 3. The summed E-state index contributed by atoms with van der Waals surface area (Å²) in [6, 6.07) is 7.17. The van der Waals surface area contributed by atoms with E-state index >= 15 is 0 Å². The Hall–Kier alpha value is -0.990. The summed E-state index contributed by atoms with van der Waals surface area (Å²) in [7, 11) is 0. The lowest BCUT2D eigenvalue weighted by Crippen LogP contribution is -2.14. The van der Waals surface area contributed by atoms with Crippen molar-refractivity contribution < 1.29 is 9.90 Å². The lowest BCUT2D eigenvalue weighted by molar-refractivity contribution is -0.136. The summed E-state index contributed by atoms with van der Waals surface area (Å²) in [5.74, 6) is -0.816. The van der Waals surface area contributed by atoms with E-state index in [2.05, 4.69) is 15.9 Å². The van der Waals surface area contributed by atoms with Gasteiger partial charge in [-0.15, -0.1) is 11.8 Å². The topological polar surface area (TPSA) is 61.1 Å². The van der Waals surface area contributed by atoms with Crippen LogP contribution in [-0.2, 0) is 4.79 Å². The van der Waals surface area contributed by atoms with Gasteiger partial charge in [-0.1, -0.05) is 6.92 Å². The molecule has 0 aromatic heterocycles. The number of carboxylic acid groups (broad SMARTS) is 1. The number of nitriles is 1. The molecule has 1 aromatic carbocycles. The Morgan fingerprint density at radius 2 is 2.38 bits per heavy atom. The number of hydrogen-bond donors (Lipinski definition) is 1. The van der Waals surface area contributed by atoms with Crippen molar-refractivity contribution >= 4 is 33.7 Å². The molecule has 0 spiro atoms. The molecule has 0 saturated carbocycles. The van der Waals surface area contributed by atoms with E-state index in [0.717, 1.165) is 9.37 Å². The molecule has 1 unspecified atom stereocenters. The SMILES string of the molecule is CCC(Sc1ccc(C#N)cc1Br)C(=O)O. The lowest BCUT2D eigenvalue weighted by Gasteiger charge is -2.10. The standard InChI is InChI=1S/C11H10BrNO2S/c1-2-9(11(14)15)16-10-4-3-7(6-13)5-8(10)12/h3-5,9H,2H2,1H3,(H,14,15). The third-order valence-electron chi connectivity index (χ3n) is 1.98. The van der Waals surface area contributed by atoms with E-state index in [1.54, 1.807) is 18.2 Å². The van der Waals surface area contributed by atoms with Gasteiger partial charge in [0.25, 0.3) is 0 Å². The monoisotopic (exact) mass is 299 g/mol. The number of aliphatic carboxylic acids is 1. The van der Waals surface area contributed by atoms with Crippen LogP contribution in [0, 0.1) is 11.3 Å². The molecule has 16 heavy (non-hydrogen) atoms. The molecule has 0 aliphatic rings. The summed E-state index contributed by atoms with van der Waals surface area (Å²) >= 11 is 4.62. The second-order valence-electron chi connectivity index (χ2n) is 3.11. The van der Waals surface area contributed by atoms with Gasteiger partial charge in [-0.3, -0.25) is 4.79 Å². The molecule has 1 N–H and O–H groups in total. The van der Waals surface area contributed by atoms with Crippen LogP contribution >= 0.6 is 27.7 Å². The predicted octanol–water partition coefficient (Wildman–Crippen LogP) is 3.28. The van der Waals surface area contributed by atoms with E-state index < -0.39 is 11.2 Å². The molecule has 5 heteroatoms. The number of nitrogens with zero attached hydrogens (tertiary/aromatic N) is 1.